The van der Waals surface area contributed by atoms with Gasteiger partial charge in [-0.3, -0.25) is 0 Å². The number of halogens is 1. The summed E-state index contributed by atoms with van der Waals surface area (Å²) in [4.78, 5) is 4.39. The van der Waals surface area contributed by atoms with Gasteiger partial charge in [-0.15, -0.1) is 0 Å². The molecule has 0 fully saturated rings. The molecule has 0 amide bonds. The second-order valence-electron chi connectivity index (χ2n) is 5.20. The van der Waals surface area contributed by atoms with Gasteiger partial charge in [0.15, 0.2) is 0 Å². The average Bonchev–Trinajstić information content (AvgIpc) is 2.62. The summed E-state index contributed by atoms with van der Waals surface area (Å²) in [6.45, 7) is 6.21. The van der Waals surface area contributed by atoms with E-state index in [0.717, 1.165) is 16.5 Å². The predicted molar refractivity (Wildman–Crippen MR) is 72.5 cm³/mol. The van der Waals surface area contributed by atoms with Crippen molar-refractivity contribution in [3.63, 3.8) is 0 Å². The van der Waals surface area contributed by atoms with Gasteiger partial charge < -0.3 is 5.32 Å². The molecule has 0 aliphatic heterocycles. The molecular formula is C13H16FN3S. The van der Waals surface area contributed by atoms with Crippen molar-refractivity contribution in [2.24, 2.45) is 0 Å². The van der Waals surface area contributed by atoms with Crippen molar-refractivity contribution in [1.82, 2.24) is 9.36 Å². The molecule has 0 radical (unpaired) electrons. The van der Waals surface area contributed by atoms with E-state index in [1.165, 1.54) is 23.7 Å². The highest BCUT2D eigenvalue weighted by molar-refractivity contribution is 7.09. The van der Waals surface area contributed by atoms with E-state index < -0.39 is 0 Å². The third-order valence-corrected chi connectivity index (χ3v) is 2.87. The van der Waals surface area contributed by atoms with E-state index in [2.05, 4.69) is 35.4 Å². The first kappa shape index (κ1) is 13.0. The summed E-state index contributed by atoms with van der Waals surface area (Å²) in [5, 5.41) is 4.07. The van der Waals surface area contributed by atoms with Crippen LogP contribution in [0.1, 0.15) is 32.2 Å². The Morgan fingerprint density at radius 2 is 2.11 bits per heavy atom. The summed E-state index contributed by atoms with van der Waals surface area (Å²) in [5.41, 5.74) is 0.852. The first-order valence-electron chi connectivity index (χ1n) is 5.77. The van der Waals surface area contributed by atoms with Crippen molar-refractivity contribution >= 4 is 16.7 Å². The Morgan fingerprint density at radius 1 is 1.33 bits per heavy atom. The van der Waals surface area contributed by atoms with Gasteiger partial charge in [0.25, 0.3) is 0 Å². The molecule has 0 spiro atoms. The van der Waals surface area contributed by atoms with Crippen LogP contribution in [0.15, 0.2) is 24.3 Å². The van der Waals surface area contributed by atoms with Gasteiger partial charge in [-0.2, -0.15) is 4.37 Å². The fourth-order valence-corrected chi connectivity index (χ4v) is 2.32. The lowest BCUT2D eigenvalue weighted by Gasteiger charge is -2.18. The number of anilines is 1. The highest BCUT2D eigenvalue weighted by Crippen LogP contribution is 2.18. The molecule has 0 aliphatic rings. The third-order valence-electron chi connectivity index (χ3n) is 2.20. The zero-order chi connectivity index (χ0) is 13.2. The van der Waals surface area contributed by atoms with Crippen molar-refractivity contribution in [3.8, 4) is 0 Å². The van der Waals surface area contributed by atoms with Gasteiger partial charge in [-0.1, -0.05) is 12.1 Å². The molecule has 18 heavy (non-hydrogen) atoms. The van der Waals surface area contributed by atoms with E-state index in [9.17, 15) is 4.39 Å². The number of hydrogen-bond donors (Lipinski definition) is 1. The number of nitrogens with zero attached hydrogens (tertiary/aromatic N) is 2. The molecule has 0 atom stereocenters. The molecule has 2 aromatic rings. The Balaban J connectivity index is 2.07. The molecule has 5 heteroatoms. The van der Waals surface area contributed by atoms with Crippen molar-refractivity contribution < 1.29 is 4.39 Å². The van der Waals surface area contributed by atoms with E-state index in [1.807, 2.05) is 6.07 Å². The summed E-state index contributed by atoms with van der Waals surface area (Å²) in [5.74, 6) is 0.494. The Kier molecular flexibility index (Phi) is 3.61. The molecular weight excluding hydrogens is 249 g/mol. The maximum Gasteiger partial charge on any atom is 0.202 e. The number of nitrogens with one attached hydrogen (secondary N) is 1. The van der Waals surface area contributed by atoms with Gasteiger partial charge in [0.1, 0.15) is 11.6 Å². The van der Waals surface area contributed by atoms with Crippen LogP contribution in [-0.2, 0) is 6.42 Å². The van der Waals surface area contributed by atoms with Gasteiger partial charge in [-0.05, 0) is 38.5 Å². The minimum atomic E-state index is -0.226. The van der Waals surface area contributed by atoms with E-state index in [4.69, 9.17) is 0 Å². The monoisotopic (exact) mass is 265 g/mol. The van der Waals surface area contributed by atoms with Crippen LogP contribution in [0.3, 0.4) is 0 Å². The SMILES string of the molecule is CC(C)(C)Nc1nc(Cc2cccc(F)c2)ns1. The highest BCUT2D eigenvalue weighted by atomic mass is 32.1. The van der Waals surface area contributed by atoms with Crippen LogP contribution in [0.2, 0.25) is 0 Å². The van der Waals surface area contributed by atoms with Gasteiger partial charge in [0.2, 0.25) is 5.13 Å². The minimum Gasteiger partial charge on any atom is -0.356 e. The van der Waals surface area contributed by atoms with Crippen LogP contribution in [0.5, 0.6) is 0 Å². The number of aromatic nitrogens is 2. The molecule has 1 aromatic heterocycles. The van der Waals surface area contributed by atoms with Crippen LogP contribution >= 0.6 is 11.5 Å². The molecule has 0 bridgehead atoms. The lowest BCUT2D eigenvalue weighted by Crippen LogP contribution is -2.25. The molecule has 1 N–H and O–H groups in total. The molecule has 0 unspecified atom stereocenters. The molecule has 0 saturated carbocycles. The average molecular weight is 265 g/mol. The zero-order valence-electron chi connectivity index (χ0n) is 10.7. The van der Waals surface area contributed by atoms with Crippen LogP contribution in [0.25, 0.3) is 0 Å². The van der Waals surface area contributed by atoms with Crippen LogP contribution in [0.4, 0.5) is 9.52 Å². The van der Waals surface area contributed by atoms with Crippen molar-refractivity contribution in [3.05, 3.63) is 41.5 Å². The first-order valence-corrected chi connectivity index (χ1v) is 6.55. The molecule has 96 valence electrons. The van der Waals surface area contributed by atoms with Crippen LogP contribution in [-0.4, -0.2) is 14.9 Å². The number of hydrogen-bond acceptors (Lipinski definition) is 4. The smallest absolute Gasteiger partial charge is 0.202 e. The quantitative estimate of drug-likeness (QED) is 0.923. The normalized spacial score (nSPS) is 11.6. The Labute approximate surface area is 110 Å². The Morgan fingerprint density at radius 3 is 2.78 bits per heavy atom. The van der Waals surface area contributed by atoms with Crippen molar-refractivity contribution in [2.75, 3.05) is 5.32 Å². The second-order valence-corrected chi connectivity index (χ2v) is 5.95. The van der Waals surface area contributed by atoms with Gasteiger partial charge >= 0.3 is 0 Å². The van der Waals surface area contributed by atoms with Gasteiger partial charge in [-0.25, -0.2) is 9.37 Å². The maximum absolute atomic E-state index is 13.0. The van der Waals surface area contributed by atoms with Gasteiger partial charge in [0, 0.05) is 23.5 Å². The maximum atomic E-state index is 13.0. The first-order chi connectivity index (χ1) is 8.42. The molecule has 1 heterocycles. The Hall–Kier alpha value is -1.49. The van der Waals surface area contributed by atoms with Crippen molar-refractivity contribution in [1.29, 1.82) is 0 Å². The topological polar surface area (TPSA) is 37.8 Å². The summed E-state index contributed by atoms with van der Waals surface area (Å²) in [7, 11) is 0. The van der Waals surface area contributed by atoms with Crippen LogP contribution in [0, 0.1) is 5.82 Å². The molecule has 3 nitrogen and oxygen atoms in total. The largest absolute Gasteiger partial charge is 0.356 e. The van der Waals surface area contributed by atoms with E-state index >= 15 is 0 Å². The number of benzene rings is 1. The number of rotatable bonds is 3. The second kappa shape index (κ2) is 5.02. The Bertz CT molecular complexity index is 531. The highest BCUT2D eigenvalue weighted by Gasteiger charge is 2.13. The molecule has 0 aliphatic carbocycles. The van der Waals surface area contributed by atoms with E-state index in [0.29, 0.717) is 6.42 Å². The fraction of sp³-hybridized carbons (Fsp3) is 0.385. The molecule has 0 saturated heterocycles. The molecule has 2 rings (SSSR count). The van der Waals surface area contributed by atoms with Crippen molar-refractivity contribution in [2.45, 2.75) is 32.7 Å². The standard InChI is InChI=1S/C13H16FN3S/c1-13(2,3)16-12-15-11(17-18-12)8-9-5-4-6-10(14)7-9/h4-7H,8H2,1-3H3,(H,15,16,17). The predicted octanol–water partition coefficient (Wildman–Crippen LogP) is 3.48. The van der Waals surface area contributed by atoms with Gasteiger partial charge in [0.05, 0.1) is 0 Å². The summed E-state index contributed by atoms with van der Waals surface area (Å²) in [6.07, 6.45) is 0.556. The summed E-state index contributed by atoms with van der Waals surface area (Å²) in [6, 6.07) is 6.52. The lowest BCUT2D eigenvalue weighted by atomic mass is 10.1. The summed E-state index contributed by atoms with van der Waals surface area (Å²) < 4.78 is 17.3. The fourth-order valence-electron chi connectivity index (χ4n) is 1.53. The zero-order valence-corrected chi connectivity index (χ0v) is 11.5. The lowest BCUT2D eigenvalue weighted by molar-refractivity contribution is 0.626. The third kappa shape index (κ3) is 3.77. The molecule has 1 aromatic carbocycles. The van der Waals surface area contributed by atoms with E-state index in [-0.39, 0.29) is 11.4 Å². The van der Waals surface area contributed by atoms with Crippen LogP contribution < -0.4 is 5.32 Å². The summed E-state index contributed by atoms with van der Waals surface area (Å²) >= 11 is 1.33. The minimum absolute atomic E-state index is 0.0321. The van der Waals surface area contributed by atoms with E-state index in [1.54, 1.807) is 6.07 Å².